The summed E-state index contributed by atoms with van der Waals surface area (Å²) >= 11 is 6.09. The topological polar surface area (TPSA) is 68.0 Å². The number of benzene rings is 2. The zero-order valence-corrected chi connectivity index (χ0v) is 18.0. The molecule has 2 saturated heterocycles. The smallest absolute Gasteiger partial charge is 0.247 e. The number of nitrogens with zero attached hydrogens (tertiary/aromatic N) is 2. The molecule has 2 fully saturated rings. The number of carbonyl (C=O) groups is 1. The number of rotatable bonds is 5. The van der Waals surface area contributed by atoms with E-state index in [4.69, 9.17) is 26.8 Å². The van der Waals surface area contributed by atoms with Crippen molar-refractivity contribution in [1.29, 1.82) is 0 Å². The van der Waals surface area contributed by atoms with Crippen LogP contribution < -0.4 is 10.5 Å². The fourth-order valence-electron chi connectivity index (χ4n) is 4.22. The van der Waals surface area contributed by atoms with Crippen LogP contribution in [-0.4, -0.2) is 61.2 Å². The van der Waals surface area contributed by atoms with Gasteiger partial charge in [-0.2, -0.15) is 0 Å². The Morgan fingerprint density at radius 3 is 2.58 bits per heavy atom. The highest BCUT2D eigenvalue weighted by molar-refractivity contribution is 6.32. The fraction of sp³-hybridized carbons (Fsp3) is 0.348. The van der Waals surface area contributed by atoms with E-state index < -0.39 is 0 Å². The molecule has 0 saturated carbocycles. The molecule has 2 atom stereocenters. The van der Waals surface area contributed by atoms with Crippen LogP contribution in [-0.2, 0) is 16.1 Å². The zero-order chi connectivity index (χ0) is 22.0. The van der Waals surface area contributed by atoms with Gasteiger partial charge in [0.05, 0.1) is 37.4 Å². The van der Waals surface area contributed by atoms with E-state index in [1.165, 1.54) is 19.2 Å². The van der Waals surface area contributed by atoms with Gasteiger partial charge in [-0.05, 0) is 35.9 Å². The highest BCUT2D eigenvalue weighted by Crippen LogP contribution is 2.30. The summed E-state index contributed by atoms with van der Waals surface area (Å²) in [5.74, 6) is 0.186. The molecule has 2 aromatic rings. The van der Waals surface area contributed by atoms with Crippen molar-refractivity contribution in [3.05, 3.63) is 64.4 Å². The largest absolute Gasteiger partial charge is 0.495 e. The Morgan fingerprint density at radius 1 is 1.26 bits per heavy atom. The maximum absolute atomic E-state index is 13.2. The van der Waals surface area contributed by atoms with E-state index in [-0.39, 0.29) is 23.8 Å². The first-order chi connectivity index (χ1) is 14.9. The molecule has 2 aliphatic rings. The van der Waals surface area contributed by atoms with Crippen LogP contribution >= 0.6 is 11.6 Å². The maximum Gasteiger partial charge on any atom is 0.247 e. The number of halogens is 2. The number of methoxy groups -OCH3 is 1. The number of nitrogen functional groups attached to an aromatic ring is 1. The standard InChI is InChI=1S/C23H25ClFN3O3/c1-30-22-8-16(21(26)9-20(22)24)4-7-23(29)28-18-11-27(12-19(28)14-31-13-18)10-15-2-5-17(25)6-3-15/h2-9,18-19H,10-14,26H2,1H3. The average Bonchev–Trinajstić information content (AvgIpc) is 2.74. The molecule has 0 spiro atoms. The first-order valence-electron chi connectivity index (χ1n) is 10.1. The number of hydrogen-bond acceptors (Lipinski definition) is 5. The van der Waals surface area contributed by atoms with Crippen LogP contribution in [0.2, 0.25) is 5.02 Å². The van der Waals surface area contributed by atoms with Crippen molar-refractivity contribution in [3.63, 3.8) is 0 Å². The molecule has 164 valence electrons. The summed E-state index contributed by atoms with van der Waals surface area (Å²) in [5, 5.41) is 0.424. The normalized spacial score (nSPS) is 21.5. The predicted molar refractivity (Wildman–Crippen MR) is 118 cm³/mol. The predicted octanol–water partition coefficient (Wildman–Crippen LogP) is 3.19. The van der Waals surface area contributed by atoms with Crippen LogP contribution in [0.25, 0.3) is 6.08 Å². The molecule has 2 N–H and O–H groups in total. The van der Waals surface area contributed by atoms with E-state index in [2.05, 4.69) is 4.90 Å². The summed E-state index contributed by atoms with van der Waals surface area (Å²) in [5.41, 5.74) is 8.23. The Hall–Kier alpha value is -2.61. The van der Waals surface area contributed by atoms with Gasteiger partial charge in [0.2, 0.25) is 5.91 Å². The molecular formula is C23H25ClFN3O3. The molecule has 0 radical (unpaired) electrons. The van der Waals surface area contributed by atoms with Gasteiger partial charge in [-0.15, -0.1) is 0 Å². The highest BCUT2D eigenvalue weighted by Gasteiger charge is 2.40. The van der Waals surface area contributed by atoms with Gasteiger partial charge in [-0.1, -0.05) is 23.7 Å². The van der Waals surface area contributed by atoms with Gasteiger partial charge >= 0.3 is 0 Å². The second-order valence-electron chi connectivity index (χ2n) is 7.86. The van der Waals surface area contributed by atoms with E-state index in [9.17, 15) is 9.18 Å². The Kier molecular flexibility index (Phi) is 6.46. The lowest BCUT2D eigenvalue weighted by molar-refractivity contribution is -0.150. The number of ether oxygens (including phenoxy) is 2. The van der Waals surface area contributed by atoms with Gasteiger partial charge in [0.25, 0.3) is 0 Å². The molecule has 6 nitrogen and oxygen atoms in total. The monoisotopic (exact) mass is 445 g/mol. The number of nitrogens with two attached hydrogens (primary N) is 1. The Labute approximate surface area is 186 Å². The third-order valence-electron chi connectivity index (χ3n) is 5.68. The quantitative estimate of drug-likeness (QED) is 0.565. The minimum atomic E-state index is -0.241. The molecule has 2 aromatic carbocycles. The van der Waals surface area contributed by atoms with E-state index in [1.807, 2.05) is 4.90 Å². The Bertz CT molecular complexity index is 969. The Morgan fingerprint density at radius 2 is 1.94 bits per heavy atom. The summed E-state index contributed by atoms with van der Waals surface area (Å²) < 4.78 is 24.1. The lowest BCUT2D eigenvalue weighted by atomic mass is 10.0. The third kappa shape index (κ3) is 4.84. The summed E-state index contributed by atoms with van der Waals surface area (Å²) in [6.07, 6.45) is 3.23. The van der Waals surface area contributed by atoms with Crippen LogP contribution in [0.15, 0.2) is 42.5 Å². The van der Waals surface area contributed by atoms with Crippen LogP contribution in [0.4, 0.5) is 10.1 Å². The number of piperazine rings is 1. The highest BCUT2D eigenvalue weighted by atomic mass is 35.5. The van der Waals surface area contributed by atoms with Crippen LogP contribution in [0.1, 0.15) is 11.1 Å². The van der Waals surface area contributed by atoms with Gasteiger partial charge in [-0.3, -0.25) is 9.69 Å². The van der Waals surface area contributed by atoms with Crippen molar-refractivity contribution >= 4 is 29.3 Å². The van der Waals surface area contributed by atoms with Gasteiger partial charge in [-0.25, -0.2) is 4.39 Å². The summed E-state index contributed by atoms with van der Waals surface area (Å²) in [7, 11) is 1.53. The number of fused-ring (bicyclic) bond motifs is 2. The Balaban J connectivity index is 1.45. The SMILES string of the molecule is COc1cc(C=CC(=O)N2C3COCC2CN(Cc2ccc(F)cc2)C3)c(N)cc1Cl. The van der Waals surface area contributed by atoms with Gasteiger partial charge in [0.15, 0.2) is 0 Å². The molecule has 4 rings (SSSR count). The van der Waals surface area contributed by atoms with E-state index in [0.29, 0.717) is 54.9 Å². The van der Waals surface area contributed by atoms with E-state index in [0.717, 1.165) is 5.56 Å². The van der Waals surface area contributed by atoms with Gasteiger partial charge < -0.3 is 20.1 Å². The lowest BCUT2D eigenvalue weighted by Gasteiger charge is -2.49. The maximum atomic E-state index is 13.2. The van der Waals surface area contributed by atoms with Crippen molar-refractivity contribution < 1.29 is 18.7 Å². The molecule has 2 heterocycles. The van der Waals surface area contributed by atoms with Crippen molar-refractivity contribution in [1.82, 2.24) is 9.80 Å². The number of morpholine rings is 1. The summed E-state index contributed by atoms with van der Waals surface area (Å²) in [4.78, 5) is 17.2. The molecule has 8 heteroatoms. The van der Waals surface area contributed by atoms with Crippen LogP contribution in [0.3, 0.4) is 0 Å². The average molecular weight is 446 g/mol. The van der Waals surface area contributed by atoms with Crippen LogP contribution in [0.5, 0.6) is 5.75 Å². The number of carbonyl (C=O) groups excluding carboxylic acids is 1. The second-order valence-corrected chi connectivity index (χ2v) is 8.27. The fourth-order valence-corrected chi connectivity index (χ4v) is 4.47. The molecular weight excluding hydrogens is 421 g/mol. The van der Waals surface area contributed by atoms with Crippen molar-refractivity contribution in [2.24, 2.45) is 0 Å². The minimum absolute atomic E-state index is 0.0396. The molecule has 2 bridgehead atoms. The number of hydrogen-bond donors (Lipinski definition) is 1. The minimum Gasteiger partial charge on any atom is -0.495 e. The third-order valence-corrected chi connectivity index (χ3v) is 5.98. The van der Waals surface area contributed by atoms with E-state index >= 15 is 0 Å². The molecule has 31 heavy (non-hydrogen) atoms. The zero-order valence-electron chi connectivity index (χ0n) is 17.3. The number of anilines is 1. The summed E-state index contributed by atoms with van der Waals surface area (Å²) in [6, 6.07) is 9.79. The molecule has 0 aliphatic carbocycles. The van der Waals surface area contributed by atoms with E-state index in [1.54, 1.807) is 36.4 Å². The number of amides is 1. The van der Waals surface area contributed by atoms with Crippen LogP contribution in [0, 0.1) is 5.82 Å². The molecule has 2 unspecified atom stereocenters. The van der Waals surface area contributed by atoms with Crippen molar-refractivity contribution in [2.45, 2.75) is 18.6 Å². The molecule has 1 amide bonds. The first kappa shape index (κ1) is 21.6. The molecule has 0 aromatic heterocycles. The lowest BCUT2D eigenvalue weighted by Crippen LogP contribution is -2.65. The van der Waals surface area contributed by atoms with Crippen molar-refractivity contribution in [2.75, 3.05) is 39.1 Å². The molecule has 2 aliphatic heterocycles. The first-order valence-corrected chi connectivity index (χ1v) is 10.5. The van der Waals surface area contributed by atoms with Gasteiger partial charge in [0, 0.05) is 37.0 Å². The van der Waals surface area contributed by atoms with Gasteiger partial charge in [0.1, 0.15) is 11.6 Å². The van der Waals surface area contributed by atoms with Crippen molar-refractivity contribution in [3.8, 4) is 5.75 Å². The summed E-state index contributed by atoms with van der Waals surface area (Å²) in [6.45, 7) is 3.10. The second kappa shape index (κ2) is 9.26.